The lowest BCUT2D eigenvalue weighted by atomic mass is 9.90. The van der Waals surface area contributed by atoms with Crippen molar-refractivity contribution in [2.24, 2.45) is 11.3 Å². The van der Waals surface area contributed by atoms with Crippen molar-refractivity contribution in [1.29, 1.82) is 0 Å². The van der Waals surface area contributed by atoms with E-state index < -0.39 is 5.97 Å². The second-order valence-corrected chi connectivity index (χ2v) is 7.76. The van der Waals surface area contributed by atoms with Crippen LogP contribution in [-0.2, 0) is 16.0 Å². The van der Waals surface area contributed by atoms with Crippen molar-refractivity contribution in [3.05, 3.63) is 35.6 Å². The highest BCUT2D eigenvalue weighted by Crippen LogP contribution is 2.59. The number of pyridine rings is 1. The highest BCUT2D eigenvalue weighted by molar-refractivity contribution is 7.13. The first-order valence-corrected chi connectivity index (χ1v) is 9.31. The van der Waals surface area contributed by atoms with E-state index in [1.165, 1.54) is 11.3 Å². The van der Waals surface area contributed by atoms with E-state index in [4.69, 9.17) is 5.11 Å². The summed E-state index contributed by atoms with van der Waals surface area (Å²) in [5.74, 6) is -0.819. The number of carboxylic acids is 1. The van der Waals surface area contributed by atoms with Crippen molar-refractivity contribution in [3.8, 4) is 10.6 Å². The third kappa shape index (κ3) is 3.16. The van der Waals surface area contributed by atoms with Crippen LogP contribution in [0.2, 0.25) is 0 Å². The van der Waals surface area contributed by atoms with Gasteiger partial charge in [0.2, 0.25) is 5.91 Å². The molecule has 1 amide bonds. The summed E-state index contributed by atoms with van der Waals surface area (Å²) in [5, 5.41) is 11.9. The number of amides is 1. The molecule has 1 atom stereocenters. The summed E-state index contributed by atoms with van der Waals surface area (Å²) in [5.41, 5.74) is 1.69. The molecule has 25 heavy (non-hydrogen) atoms. The van der Waals surface area contributed by atoms with E-state index in [0.717, 1.165) is 35.5 Å². The summed E-state index contributed by atoms with van der Waals surface area (Å²) in [4.78, 5) is 34.1. The van der Waals surface area contributed by atoms with Crippen LogP contribution >= 0.6 is 11.3 Å². The minimum atomic E-state index is -0.690. The number of hydrogen-bond donors (Lipinski definition) is 1. The van der Waals surface area contributed by atoms with Crippen molar-refractivity contribution in [2.75, 3.05) is 13.1 Å². The summed E-state index contributed by atoms with van der Waals surface area (Å²) in [6.45, 7) is 1.31. The molecule has 0 bridgehead atoms. The molecule has 7 heteroatoms. The number of hydrogen-bond acceptors (Lipinski definition) is 5. The molecule has 1 aliphatic heterocycles. The number of thiazole rings is 1. The fourth-order valence-electron chi connectivity index (χ4n) is 3.73. The highest BCUT2D eigenvalue weighted by atomic mass is 32.1. The SMILES string of the molecule is O=C(O)C1CC12CCN(C(=O)Cc1csc(-c3cccnc3)n1)CC2. The molecule has 130 valence electrons. The van der Waals surface area contributed by atoms with E-state index in [0.29, 0.717) is 19.5 Å². The minimum absolute atomic E-state index is 0.0449. The largest absolute Gasteiger partial charge is 0.481 e. The van der Waals surface area contributed by atoms with Gasteiger partial charge in [0.25, 0.3) is 0 Å². The number of carbonyl (C=O) groups is 2. The van der Waals surface area contributed by atoms with Crippen LogP contribution in [0.3, 0.4) is 0 Å². The molecule has 1 saturated heterocycles. The Hall–Kier alpha value is -2.28. The maximum Gasteiger partial charge on any atom is 0.307 e. The summed E-state index contributed by atoms with van der Waals surface area (Å²) in [6.07, 6.45) is 6.15. The molecule has 1 aliphatic carbocycles. The van der Waals surface area contributed by atoms with Gasteiger partial charge < -0.3 is 10.0 Å². The molecule has 2 aromatic heterocycles. The molecule has 1 N–H and O–H groups in total. The Balaban J connectivity index is 1.34. The second kappa shape index (κ2) is 6.22. The van der Waals surface area contributed by atoms with Gasteiger partial charge in [-0.2, -0.15) is 0 Å². The fraction of sp³-hybridized carbons (Fsp3) is 0.444. The van der Waals surface area contributed by atoms with E-state index >= 15 is 0 Å². The van der Waals surface area contributed by atoms with Crippen LogP contribution in [-0.4, -0.2) is 44.9 Å². The molecule has 2 fully saturated rings. The number of aromatic nitrogens is 2. The van der Waals surface area contributed by atoms with Crippen LogP contribution in [0.15, 0.2) is 29.9 Å². The zero-order chi connectivity index (χ0) is 17.4. The molecular weight excluding hydrogens is 338 g/mol. The third-order valence-electron chi connectivity index (χ3n) is 5.39. The highest BCUT2D eigenvalue weighted by Gasteiger charge is 2.59. The standard InChI is InChI=1S/C18H19N3O3S/c22-15(21-6-3-18(4-7-21)9-14(18)17(23)24)8-13-11-25-16(20-13)12-2-1-5-19-10-12/h1-2,5,10-11,14H,3-4,6-9H2,(H,23,24). The second-order valence-electron chi connectivity index (χ2n) is 6.90. The predicted molar refractivity (Wildman–Crippen MR) is 93.0 cm³/mol. The lowest BCUT2D eigenvalue weighted by molar-refractivity contribution is -0.139. The summed E-state index contributed by atoms with van der Waals surface area (Å²) in [6, 6.07) is 3.82. The fourth-order valence-corrected chi connectivity index (χ4v) is 4.54. The van der Waals surface area contributed by atoms with Gasteiger partial charge in [-0.15, -0.1) is 11.3 Å². The van der Waals surface area contributed by atoms with Gasteiger partial charge in [-0.3, -0.25) is 14.6 Å². The number of carboxylic acid groups (broad SMARTS) is 1. The van der Waals surface area contributed by atoms with Crippen molar-refractivity contribution in [3.63, 3.8) is 0 Å². The Morgan fingerprint density at radius 1 is 1.36 bits per heavy atom. The molecule has 1 unspecified atom stereocenters. The summed E-state index contributed by atoms with van der Waals surface area (Å²) < 4.78 is 0. The first kappa shape index (κ1) is 16.2. The van der Waals surface area contributed by atoms with Gasteiger partial charge in [0.1, 0.15) is 5.01 Å². The van der Waals surface area contributed by atoms with Crippen LogP contribution in [0.4, 0.5) is 0 Å². The summed E-state index contributed by atoms with van der Waals surface area (Å²) in [7, 11) is 0. The van der Waals surface area contributed by atoms with E-state index in [1.807, 2.05) is 22.4 Å². The zero-order valence-corrected chi connectivity index (χ0v) is 14.5. The van der Waals surface area contributed by atoms with Gasteiger partial charge in [-0.25, -0.2) is 4.98 Å². The van der Waals surface area contributed by atoms with E-state index in [-0.39, 0.29) is 17.2 Å². The normalized spacial score (nSPS) is 21.3. The zero-order valence-electron chi connectivity index (χ0n) is 13.7. The quantitative estimate of drug-likeness (QED) is 0.909. The number of rotatable bonds is 4. The minimum Gasteiger partial charge on any atom is -0.481 e. The Morgan fingerprint density at radius 2 is 2.16 bits per heavy atom. The van der Waals surface area contributed by atoms with Gasteiger partial charge in [-0.05, 0) is 36.8 Å². The molecule has 2 aromatic rings. The van der Waals surface area contributed by atoms with E-state index in [9.17, 15) is 9.59 Å². The van der Waals surface area contributed by atoms with Crippen molar-refractivity contribution >= 4 is 23.2 Å². The number of carbonyl (C=O) groups excluding carboxylic acids is 1. The summed E-state index contributed by atoms with van der Waals surface area (Å²) >= 11 is 1.52. The molecule has 4 rings (SSSR count). The van der Waals surface area contributed by atoms with E-state index in [2.05, 4.69) is 9.97 Å². The number of nitrogens with zero attached hydrogens (tertiary/aromatic N) is 3. The lowest BCUT2D eigenvalue weighted by Crippen LogP contribution is -2.40. The van der Waals surface area contributed by atoms with Crippen LogP contribution < -0.4 is 0 Å². The molecule has 1 spiro atoms. The van der Waals surface area contributed by atoms with Crippen LogP contribution in [0, 0.1) is 11.3 Å². The van der Waals surface area contributed by atoms with Gasteiger partial charge in [-0.1, -0.05) is 0 Å². The lowest BCUT2D eigenvalue weighted by Gasteiger charge is -2.32. The van der Waals surface area contributed by atoms with Crippen LogP contribution in [0.1, 0.15) is 25.0 Å². The average molecular weight is 357 g/mol. The Kier molecular flexibility index (Phi) is 4.03. The maximum absolute atomic E-state index is 12.5. The molecular formula is C18H19N3O3S. The van der Waals surface area contributed by atoms with E-state index in [1.54, 1.807) is 12.4 Å². The smallest absolute Gasteiger partial charge is 0.307 e. The third-order valence-corrected chi connectivity index (χ3v) is 6.33. The van der Waals surface area contributed by atoms with Gasteiger partial charge in [0, 0.05) is 36.4 Å². The van der Waals surface area contributed by atoms with Crippen molar-refractivity contribution < 1.29 is 14.7 Å². The molecule has 2 aliphatic rings. The molecule has 0 radical (unpaired) electrons. The number of aliphatic carboxylic acids is 1. The maximum atomic E-state index is 12.5. The van der Waals surface area contributed by atoms with Crippen molar-refractivity contribution in [1.82, 2.24) is 14.9 Å². The Bertz CT molecular complexity index is 797. The Morgan fingerprint density at radius 3 is 2.80 bits per heavy atom. The number of likely N-dealkylation sites (tertiary alicyclic amines) is 1. The molecule has 3 heterocycles. The van der Waals surface area contributed by atoms with Gasteiger partial charge in [0.05, 0.1) is 18.0 Å². The molecule has 1 saturated carbocycles. The Labute approximate surface area is 149 Å². The monoisotopic (exact) mass is 357 g/mol. The average Bonchev–Trinajstić information content (AvgIpc) is 3.12. The first-order valence-electron chi connectivity index (χ1n) is 8.43. The molecule has 6 nitrogen and oxygen atoms in total. The first-order chi connectivity index (χ1) is 12.1. The topological polar surface area (TPSA) is 83.4 Å². The van der Waals surface area contributed by atoms with Crippen LogP contribution in [0.25, 0.3) is 10.6 Å². The molecule has 0 aromatic carbocycles. The van der Waals surface area contributed by atoms with Gasteiger partial charge in [0.15, 0.2) is 0 Å². The van der Waals surface area contributed by atoms with Crippen LogP contribution in [0.5, 0.6) is 0 Å². The number of piperidine rings is 1. The van der Waals surface area contributed by atoms with Crippen molar-refractivity contribution in [2.45, 2.75) is 25.7 Å². The van der Waals surface area contributed by atoms with Gasteiger partial charge >= 0.3 is 5.97 Å². The predicted octanol–water partition coefficient (Wildman–Crippen LogP) is 2.46.